The standard InChI is InChI=1S/C21H19BrN2O5/c1-13-3-5-14(6-4-13)21-23-19(24-29-21)12-28-20(26)10-8-17(25)16-11-15(22)7-9-18(16)27-2/h3-7,9,11H,8,10,12H2,1-2H3. The van der Waals surface area contributed by atoms with Crippen LogP contribution in [0.25, 0.3) is 11.5 Å². The number of carbonyl (C=O) groups is 2. The van der Waals surface area contributed by atoms with Crippen LogP contribution in [0.2, 0.25) is 0 Å². The van der Waals surface area contributed by atoms with Crippen molar-refractivity contribution < 1.29 is 23.6 Å². The molecule has 0 radical (unpaired) electrons. The summed E-state index contributed by atoms with van der Waals surface area (Å²) in [5, 5.41) is 3.81. The highest BCUT2D eigenvalue weighted by atomic mass is 79.9. The minimum atomic E-state index is -0.519. The fourth-order valence-electron chi connectivity index (χ4n) is 2.59. The molecule has 0 saturated heterocycles. The summed E-state index contributed by atoms with van der Waals surface area (Å²) in [4.78, 5) is 28.6. The van der Waals surface area contributed by atoms with E-state index in [0.29, 0.717) is 17.2 Å². The molecule has 0 saturated carbocycles. The van der Waals surface area contributed by atoms with Gasteiger partial charge in [-0.15, -0.1) is 0 Å². The summed E-state index contributed by atoms with van der Waals surface area (Å²) < 4.78 is 16.3. The SMILES string of the molecule is COc1ccc(Br)cc1C(=O)CCC(=O)OCc1noc(-c2ccc(C)cc2)n1. The molecule has 0 aliphatic heterocycles. The largest absolute Gasteiger partial charge is 0.496 e. The van der Waals surface area contributed by atoms with Crippen LogP contribution in [0, 0.1) is 6.92 Å². The molecule has 1 heterocycles. The molecule has 2 aromatic carbocycles. The van der Waals surface area contributed by atoms with Crippen LogP contribution in [0.3, 0.4) is 0 Å². The van der Waals surface area contributed by atoms with Crippen LogP contribution >= 0.6 is 15.9 Å². The number of ether oxygens (including phenoxy) is 2. The van der Waals surface area contributed by atoms with Gasteiger partial charge in [-0.05, 0) is 37.3 Å². The van der Waals surface area contributed by atoms with E-state index in [0.717, 1.165) is 15.6 Å². The minimum Gasteiger partial charge on any atom is -0.496 e. The molecule has 0 unspecified atom stereocenters. The van der Waals surface area contributed by atoms with Gasteiger partial charge in [-0.3, -0.25) is 9.59 Å². The molecule has 0 atom stereocenters. The number of aromatic nitrogens is 2. The third kappa shape index (κ3) is 5.51. The Labute approximate surface area is 176 Å². The van der Waals surface area contributed by atoms with Gasteiger partial charge in [0.15, 0.2) is 12.4 Å². The number of esters is 1. The second-order valence-electron chi connectivity index (χ2n) is 6.31. The number of hydrogen-bond acceptors (Lipinski definition) is 7. The van der Waals surface area contributed by atoms with Gasteiger partial charge in [-0.2, -0.15) is 4.98 Å². The fraction of sp³-hybridized carbons (Fsp3) is 0.238. The van der Waals surface area contributed by atoms with E-state index in [1.807, 2.05) is 31.2 Å². The summed E-state index contributed by atoms with van der Waals surface area (Å²) in [6.07, 6.45) is -0.0519. The average molecular weight is 459 g/mol. The highest BCUT2D eigenvalue weighted by molar-refractivity contribution is 9.10. The van der Waals surface area contributed by atoms with Crippen molar-refractivity contribution in [2.45, 2.75) is 26.4 Å². The third-order valence-electron chi connectivity index (χ3n) is 4.15. The molecule has 3 aromatic rings. The molecule has 8 heteroatoms. The van der Waals surface area contributed by atoms with Gasteiger partial charge >= 0.3 is 5.97 Å². The lowest BCUT2D eigenvalue weighted by Crippen LogP contribution is -2.09. The van der Waals surface area contributed by atoms with Gasteiger partial charge < -0.3 is 14.0 Å². The smallest absolute Gasteiger partial charge is 0.306 e. The number of Topliss-reactive ketones (excluding diaryl/α,β-unsaturated/α-hetero) is 1. The number of nitrogens with zero attached hydrogens (tertiary/aromatic N) is 2. The monoisotopic (exact) mass is 458 g/mol. The molecular formula is C21H19BrN2O5. The molecule has 7 nitrogen and oxygen atoms in total. The highest BCUT2D eigenvalue weighted by Gasteiger charge is 2.16. The van der Waals surface area contributed by atoms with Crippen molar-refractivity contribution in [3.63, 3.8) is 0 Å². The summed E-state index contributed by atoms with van der Waals surface area (Å²) in [7, 11) is 1.49. The highest BCUT2D eigenvalue weighted by Crippen LogP contribution is 2.24. The Morgan fingerprint density at radius 2 is 1.86 bits per heavy atom. The van der Waals surface area contributed by atoms with Crippen LogP contribution in [0.15, 0.2) is 51.5 Å². The van der Waals surface area contributed by atoms with Gasteiger partial charge in [-0.25, -0.2) is 0 Å². The molecule has 0 spiro atoms. The van der Waals surface area contributed by atoms with Crippen molar-refractivity contribution >= 4 is 27.7 Å². The van der Waals surface area contributed by atoms with E-state index in [-0.39, 0.29) is 31.1 Å². The van der Waals surface area contributed by atoms with E-state index in [1.165, 1.54) is 7.11 Å². The number of aryl methyl sites for hydroxylation is 1. The van der Waals surface area contributed by atoms with E-state index < -0.39 is 5.97 Å². The summed E-state index contributed by atoms with van der Waals surface area (Å²) in [6.45, 7) is 1.86. The first kappa shape index (κ1) is 20.7. The molecule has 0 bridgehead atoms. The molecule has 0 aliphatic carbocycles. The van der Waals surface area contributed by atoms with Crippen LogP contribution in [-0.4, -0.2) is 29.0 Å². The van der Waals surface area contributed by atoms with Crippen LogP contribution in [-0.2, 0) is 16.1 Å². The quantitative estimate of drug-likeness (QED) is 0.361. The third-order valence-corrected chi connectivity index (χ3v) is 4.64. The molecule has 0 aliphatic rings. The van der Waals surface area contributed by atoms with Gasteiger partial charge in [0.2, 0.25) is 5.82 Å². The molecule has 3 rings (SSSR count). The molecule has 0 amide bonds. The Balaban J connectivity index is 1.51. The Kier molecular flexibility index (Phi) is 6.77. The lowest BCUT2D eigenvalue weighted by Gasteiger charge is -2.08. The maximum Gasteiger partial charge on any atom is 0.306 e. The number of benzene rings is 2. The van der Waals surface area contributed by atoms with Gasteiger partial charge in [-0.1, -0.05) is 38.8 Å². The number of carbonyl (C=O) groups excluding carboxylic acids is 2. The van der Waals surface area contributed by atoms with Crippen molar-refractivity contribution in [2.75, 3.05) is 7.11 Å². The zero-order valence-electron chi connectivity index (χ0n) is 16.0. The minimum absolute atomic E-state index is 0.00646. The van der Waals surface area contributed by atoms with Crippen molar-refractivity contribution in [1.29, 1.82) is 0 Å². The van der Waals surface area contributed by atoms with Crippen molar-refractivity contribution in [3.8, 4) is 17.2 Å². The predicted octanol–water partition coefficient (Wildman–Crippen LogP) is 4.52. The van der Waals surface area contributed by atoms with Gasteiger partial charge in [0.25, 0.3) is 5.89 Å². The summed E-state index contributed by atoms with van der Waals surface area (Å²) in [5.74, 6) is 0.346. The molecule has 0 fully saturated rings. The van der Waals surface area contributed by atoms with Crippen LogP contribution in [0.1, 0.15) is 34.6 Å². The van der Waals surface area contributed by atoms with E-state index in [2.05, 4.69) is 26.1 Å². The predicted molar refractivity (Wildman–Crippen MR) is 109 cm³/mol. The van der Waals surface area contributed by atoms with Crippen LogP contribution < -0.4 is 4.74 Å². The first-order valence-electron chi connectivity index (χ1n) is 8.88. The Bertz CT molecular complexity index is 1010. The molecular weight excluding hydrogens is 440 g/mol. The van der Waals surface area contributed by atoms with Gasteiger partial charge in [0.05, 0.1) is 19.1 Å². The number of rotatable bonds is 8. The zero-order valence-corrected chi connectivity index (χ0v) is 17.6. The summed E-state index contributed by atoms with van der Waals surface area (Å²) in [5.41, 5.74) is 2.32. The maximum absolute atomic E-state index is 12.4. The van der Waals surface area contributed by atoms with E-state index >= 15 is 0 Å². The van der Waals surface area contributed by atoms with E-state index in [4.69, 9.17) is 14.0 Å². The summed E-state index contributed by atoms with van der Waals surface area (Å²) >= 11 is 3.32. The molecule has 150 valence electrons. The van der Waals surface area contributed by atoms with Crippen molar-refractivity contribution in [3.05, 3.63) is 63.9 Å². The van der Waals surface area contributed by atoms with Crippen LogP contribution in [0.5, 0.6) is 5.75 Å². The Hall–Kier alpha value is -3.00. The van der Waals surface area contributed by atoms with E-state index in [1.54, 1.807) is 18.2 Å². The zero-order chi connectivity index (χ0) is 20.8. The molecule has 29 heavy (non-hydrogen) atoms. The maximum atomic E-state index is 12.4. The van der Waals surface area contributed by atoms with Crippen LogP contribution in [0.4, 0.5) is 0 Å². The van der Waals surface area contributed by atoms with Crippen molar-refractivity contribution in [1.82, 2.24) is 10.1 Å². The normalized spacial score (nSPS) is 10.6. The number of halogens is 1. The summed E-state index contributed by atoms with van der Waals surface area (Å²) in [6, 6.07) is 12.8. The number of ketones is 1. The van der Waals surface area contributed by atoms with Crippen molar-refractivity contribution in [2.24, 2.45) is 0 Å². The first-order chi connectivity index (χ1) is 14.0. The average Bonchev–Trinajstić information content (AvgIpc) is 3.20. The second-order valence-corrected chi connectivity index (χ2v) is 7.23. The number of hydrogen-bond donors (Lipinski definition) is 0. The topological polar surface area (TPSA) is 91.5 Å². The second kappa shape index (κ2) is 9.47. The Morgan fingerprint density at radius 3 is 2.59 bits per heavy atom. The lowest BCUT2D eigenvalue weighted by molar-refractivity contribution is -0.145. The number of methoxy groups -OCH3 is 1. The van der Waals surface area contributed by atoms with Gasteiger partial charge in [0, 0.05) is 16.5 Å². The lowest BCUT2D eigenvalue weighted by atomic mass is 10.1. The van der Waals surface area contributed by atoms with E-state index in [9.17, 15) is 9.59 Å². The van der Waals surface area contributed by atoms with Gasteiger partial charge in [0.1, 0.15) is 5.75 Å². The Morgan fingerprint density at radius 1 is 1.10 bits per heavy atom. The molecule has 1 aromatic heterocycles. The molecule has 0 N–H and O–H groups in total. The first-order valence-corrected chi connectivity index (χ1v) is 9.67. The fourth-order valence-corrected chi connectivity index (χ4v) is 2.95.